The maximum absolute atomic E-state index is 12.2. The van der Waals surface area contributed by atoms with E-state index in [9.17, 15) is 4.79 Å². The Morgan fingerprint density at radius 3 is 2.68 bits per heavy atom. The van der Waals surface area contributed by atoms with Crippen LogP contribution in [0.25, 0.3) is 0 Å². The summed E-state index contributed by atoms with van der Waals surface area (Å²) >= 11 is 3.61. The molecule has 1 saturated carbocycles. The first-order chi connectivity index (χ1) is 10.1. The van der Waals surface area contributed by atoms with Gasteiger partial charge >= 0.3 is 0 Å². The monoisotopic (exact) mass is 388 g/mol. The summed E-state index contributed by atoms with van der Waals surface area (Å²) in [6.07, 6.45) is 3.60. The molecule has 122 valence electrons. The molecule has 1 aromatic rings. The lowest BCUT2D eigenvalue weighted by atomic mass is 9.96. The number of hydrogen-bond donors (Lipinski definition) is 2. The fraction of sp³-hybridized carbons (Fsp3) is 0.562. The zero-order valence-corrected chi connectivity index (χ0v) is 14.8. The van der Waals surface area contributed by atoms with Gasteiger partial charge in [0.2, 0.25) is 5.91 Å². The lowest BCUT2D eigenvalue weighted by molar-refractivity contribution is -0.131. The van der Waals surface area contributed by atoms with Gasteiger partial charge < -0.3 is 15.8 Å². The van der Waals surface area contributed by atoms with Crippen molar-refractivity contribution in [3.05, 3.63) is 34.3 Å². The number of halogens is 2. The number of nitrogens with two attached hydrogens (primary N) is 1. The second kappa shape index (κ2) is 7.30. The largest absolute Gasteiger partial charge is 0.364 e. The van der Waals surface area contributed by atoms with Crippen LogP contribution in [-0.4, -0.2) is 31.2 Å². The van der Waals surface area contributed by atoms with E-state index in [2.05, 4.69) is 33.4 Å². The van der Waals surface area contributed by atoms with Gasteiger partial charge in [-0.25, -0.2) is 0 Å². The van der Waals surface area contributed by atoms with Crippen molar-refractivity contribution in [1.82, 2.24) is 5.32 Å². The molecule has 0 spiro atoms. The summed E-state index contributed by atoms with van der Waals surface area (Å²) in [6.45, 7) is 1.17. The minimum absolute atomic E-state index is 0. The van der Waals surface area contributed by atoms with Crippen molar-refractivity contribution in [1.29, 1.82) is 0 Å². The predicted octanol–water partition coefficient (Wildman–Crippen LogP) is 2.53. The van der Waals surface area contributed by atoms with Crippen LogP contribution in [-0.2, 0) is 14.9 Å². The van der Waals surface area contributed by atoms with Crippen LogP contribution >= 0.6 is 28.3 Å². The average molecular weight is 390 g/mol. The first-order valence-electron chi connectivity index (χ1n) is 7.53. The van der Waals surface area contributed by atoms with Gasteiger partial charge in [-0.15, -0.1) is 12.4 Å². The molecule has 1 saturated heterocycles. The van der Waals surface area contributed by atoms with E-state index in [1.165, 1.54) is 5.56 Å². The highest BCUT2D eigenvalue weighted by Crippen LogP contribution is 2.49. The van der Waals surface area contributed by atoms with Crippen LogP contribution in [0.4, 0.5) is 0 Å². The fourth-order valence-electron chi connectivity index (χ4n) is 3.03. The standard InChI is InChI=1S/C16H21BrN2O2.ClH/c17-13-4-2-1-3-12(13)16(7-8-16)10-19-15(20)14-6-5-11(9-18)21-14;/h1-4,11,14H,5-10,18H2,(H,19,20);1H/t11-,14+;/m1./s1. The summed E-state index contributed by atoms with van der Waals surface area (Å²) in [4.78, 5) is 12.2. The zero-order valence-electron chi connectivity index (χ0n) is 12.4. The van der Waals surface area contributed by atoms with Gasteiger partial charge in [0.1, 0.15) is 6.10 Å². The van der Waals surface area contributed by atoms with Crippen LogP contribution in [0.1, 0.15) is 31.2 Å². The summed E-state index contributed by atoms with van der Waals surface area (Å²) in [5.74, 6) is 0.00396. The highest BCUT2D eigenvalue weighted by molar-refractivity contribution is 9.10. The van der Waals surface area contributed by atoms with Gasteiger partial charge in [0.25, 0.3) is 0 Å². The summed E-state index contributed by atoms with van der Waals surface area (Å²) in [5, 5.41) is 3.07. The third-order valence-corrected chi connectivity index (χ3v) is 5.25. The number of rotatable bonds is 5. The number of amides is 1. The normalized spacial score (nSPS) is 25.4. The summed E-state index contributed by atoms with van der Waals surface area (Å²) < 4.78 is 6.76. The van der Waals surface area contributed by atoms with Crippen LogP contribution in [0.3, 0.4) is 0 Å². The number of nitrogens with one attached hydrogen (secondary N) is 1. The van der Waals surface area contributed by atoms with Gasteiger partial charge in [-0.1, -0.05) is 34.1 Å². The van der Waals surface area contributed by atoms with Crippen LogP contribution in [0, 0.1) is 0 Å². The molecule has 2 aliphatic rings. The topological polar surface area (TPSA) is 64.4 Å². The first-order valence-corrected chi connectivity index (χ1v) is 8.32. The van der Waals surface area contributed by atoms with E-state index in [4.69, 9.17) is 10.5 Å². The lowest BCUT2D eigenvalue weighted by Crippen LogP contribution is -2.39. The van der Waals surface area contributed by atoms with Crippen molar-refractivity contribution in [2.75, 3.05) is 13.1 Å². The van der Waals surface area contributed by atoms with Crippen LogP contribution in [0.15, 0.2) is 28.7 Å². The average Bonchev–Trinajstić information content (AvgIpc) is 3.12. The van der Waals surface area contributed by atoms with Crippen molar-refractivity contribution in [3.8, 4) is 0 Å². The first kappa shape index (κ1) is 17.7. The minimum atomic E-state index is -0.325. The molecule has 6 heteroatoms. The Bertz CT molecular complexity index is 537. The Balaban J connectivity index is 0.00000176. The Hall–Kier alpha value is -0.620. The smallest absolute Gasteiger partial charge is 0.249 e. The molecular formula is C16H22BrClN2O2. The van der Waals surface area contributed by atoms with Crippen molar-refractivity contribution in [3.63, 3.8) is 0 Å². The Kier molecular flexibility index (Phi) is 5.88. The molecule has 2 fully saturated rings. The van der Waals surface area contributed by atoms with Crippen LogP contribution in [0.2, 0.25) is 0 Å². The summed E-state index contributed by atoms with van der Waals surface area (Å²) in [6, 6.07) is 8.26. The van der Waals surface area contributed by atoms with Crippen molar-refractivity contribution < 1.29 is 9.53 Å². The summed E-state index contributed by atoms with van der Waals surface area (Å²) in [7, 11) is 0. The van der Waals surface area contributed by atoms with Crippen molar-refractivity contribution in [2.45, 2.75) is 43.3 Å². The Labute approximate surface area is 145 Å². The highest BCUT2D eigenvalue weighted by Gasteiger charge is 2.45. The molecular weight excluding hydrogens is 368 g/mol. The third kappa shape index (κ3) is 3.65. The predicted molar refractivity (Wildman–Crippen MR) is 92.3 cm³/mol. The van der Waals surface area contributed by atoms with Crippen molar-refractivity contribution in [2.24, 2.45) is 5.73 Å². The number of carbonyl (C=O) groups is 1. The van der Waals surface area contributed by atoms with E-state index in [0.29, 0.717) is 13.1 Å². The molecule has 22 heavy (non-hydrogen) atoms. The Morgan fingerprint density at radius 1 is 1.36 bits per heavy atom. The van der Waals surface area contributed by atoms with E-state index in [1.54, 1.807) is 0 Å². The minimum Gasteiger partial charge on any atom is -0.364 e. The van der Waals surface area contributed by atoms with Gasteiger partial charge in [0.15, 0.2) is 0 Å². The molecule has 1 aliphatic carbocycles. The third-order valence-electron chi connectivity index (χ3n) is 4.56. The maximum atomic E-state index is 12.2. The SMILES string of the molecule is Cl.NC[C@H]1CC[C@@H](C(=O)NCC2(c3ccccc3Br)CC2)O1. The quantitative estimate of drug-likeness (QED) is 0.813. The van der Waals surface area contributed by atoms with Crippen molar-refractivity contribution >= 4 is 34.2 Å². The molecule has 4 nitrogen and oxygen atoms in total. The van der Waals surface area contributed by atoms with E-state index in [1.807, 2.05) is 12.1 Å². The molecule has 1 aliphatic heterocycles. The van der Waals surface area contributed by atoms with E-state index in [0.717, 1.165) is 30.2 Å². The number of hydrogen-bond acceptors (Lipinski definition) is 3. The van der Waals surface area contributed by atoms with Gasteiger partial charge in [-0.2, -0.15) is 0 Å². The van der Waals surface area contributed by atoms with E-state index >= 15 is 0 Å². The molecule has 0 bridgehead atoms. The van der Waals surface area contributed by atoms with E-state index < -0.39 is 0 Å². The molecule has 3 rings (SSSR count). The fourth-order valence-corrected chi connectivity index (χ4v) is 3.73. The van der Waals surface area contributed by atoms with Crippen LogP contribution < -0.4 is 11.1 Å². The second-order valence-corrected chi connectivity index (χ2v) is 6.89. The zero-order chi connectivity index (χ0) is 14.9. The van der Waals surface area contributed by atoms with Crippen LogP contribution in [0.5, 0.6) is 0 Å². The molecule has 0 aromatic heterocycles. The lowest BCUT2D eigenvalue weighted by Gasteiger charge is -2.20. The van der Waals surface area contributed by atoms with E-state index in [-0.39, 0.29) is 35.9 Å². The van der Waals surface area contributed by atoms with Gasteiger partial charge in [0, 0.05) is 23.0 Å². The molecule has 1 aromatic carbocycles. The molecule has 0 radical (unpaired) electrons. The Morgan fingerprint density at radius 2 is 2.09 bits per heavy atom. The molecule has 2 atom stereocenters. The van der Waals surface area contributed by atoms with Gasteiger partial charge in [-0.05, 0) is 37.3 Å². The molecule has 3 N–H and O–H groups in total. The highest BCUT2D eigenvalue weighted by atomic mass is 79.9. The number of carbonyl (C=O) groups excluding carboxylic acids is 1. The summed E-state index contributed by atoms with van der Waals surface area (Å²) in [5.41, 5.74) is 6.97. The maximum Gasteiger partial charge on any atom is 0.249 e. The number of ether oxygens (including phenoxy) is 1. The molecule has 0 unspecified atom stereocenters. The number of benzene rings is 1. The second-order valence-electron chi connectivity index (χ2n) is 6.04. The van der Waals surface area contributed by atoms with Gasteiger partial charge in [0.05, 0.1) is 6.10 Å². The van der Waals surface area contributed by atoms with Gasteiger partial charge in [-0.3, -0.25) is 4.79 Å². The molecule has 1 amide bonds. The molecule has 1 heterocycles.